The van der Waals surface area contributed by atoms with Crippen molar-refractivity contribution in [2.45, 2.75) is 25.9 Å². The van der Waals surface area contributed by atoms with Crippen LogP contribution in [0.5, 0.6) is 0 Å². The number of carbonyl (C=O) groups excluding carboxylic acids is 1. The molecule has 1 atom stereocenters. The summed E-state index contributed by atoms with van der Waals surface area (Å²) in [4.78, 5) is 14.0. The van der Waals surface area contributed by atoms with E-state index < -0.39 is 0 Å². The van der Waals surface area contributed by atoms with Gasteiger partial charge in [-0.15, -0.1) is 0 Å². The molecule has 2 N–H and O–H groups in total. The highest BCUT2D eigenvalue weighted by atomic mass is 16.1. The molecule has 1 aliphatic heterocycles. The van der Waals surface area contributed by atoms with Gasteiger partial charge in [0.15, 0.2) is 0 Å². The van der Waals surface area contributed by atoms with Crippen LogP contribution in [0.25, 0.3) is 0 Å². The van der Waals surface area contributed by atoms with Crippen molar-refractivity contribution >= 4 is 11.6 Å². The highest BCUT2D eigenvalue weighted by molar-refractivity contribution is 6.04. The molecular weight excluding hydrogens is 358 g/mol. The Morgan fingerprint density at radius 3 is 2.34 bits per heavy atom. The second-order valence-electron chi connectivity index (χ2n) is 7.56. The van der Waals surface area contributed by atoms with Gasteiger partial charge in [-0.3, -0.25) is 4.79 Å². The zero-order chi connectivity index (χ0) is 20.1. The predicted molar refractivity (Wildman–Crippen MR) is 114 cm³/mol. The van der Waals surface area contributed by atoms with E-state index in [1.165, 1.54) is 16.7 Å². The minimum atomic E-state index is -0.121. The third-order valence-electron chi connectivity index (χ3n) is 5.47. The summed E-state index contributed by atoms with van der Waals surface area (Å²) in [5, 5.41) is 11.6. The Labute approximate surface area is 171 Å². The van der Waals surface area contributed by atoms with Crippen LogP contribution in [-0.4, -0.2) is 12.5 Å². The predicted octanol–water partition coefficient (Wildman–Crippen LogP) is 3.15. The molecule has 4 nitrogen and oxygen atoms in total. The van der Waals surface area contributed by atoms with Crippen molar-refractivity contribution in [3.8, 4) is 6.07 Å². The van der Waals surface area contributed by atoms with Crippen LogP contribution in [-0.2, 0) is 25.9 Å². The van der Waals surface area contributed by atoms with Gasteiger partial charge in [0.1, 0.15) is 13.1 Å². The van der Waals surface area contributed by atoms with Crippen LogP contribution in [0.4, 0.5) is 5.69 Å². The fourth-order valence-corrected chi connectivity index (χ4v) is 3.86. The van der Waals surface area contributed by atoms with Crippen LogP contribution in [0.15, 0.2) is 72.8 Å². The summed E-state index contributed by atoms with van der Waals surface area (Å²) in [6.07, 6.45) is 1.50. The van der Waals surface area contributed by atoms with Crippen molar-refractivity contribution in [2.75, 3.05) is 11.9 Å². The fraction of sp³-hybridized carbons (Fsp3) is 0.200. The molecular formula is C25H24N3O+. The van der Waals surface area contributed by atoms with Gasteiger partial charge in [0, 0.05) is 28.8 Å². The lowest BCUT2D eigenvalue weighted by Crippen LogP contribution is -3.10. The minimum Gasteiger partial charge on any atom is -0.327 e. The van der Waals surface area contributed by atoms with Crippen molar-refractivity contribution in [1.29, 1.82) is 5.26 Å². The normalized spacial score (nSPS) is 15.2. The fourth-order valence-electron chi connectivity index (χ4n) is 3.86. The first-order valence-electron chi connectivity index (χ1n) is 9.98. The molecule has 3 aromatic rings. The second kappa shape index (κ2) is 8.72. The van der Waals surface area contributed by atoms with Crippen LogP contribution < -0.4 is 10.2 Å². The molecule has 144 valence electrons. The van der Waals surface area contributed by atoms with E-state index in [1.54, 1.807) is 4.90 Å². The lowest BCUT2D eigenvalue weighted by Gasteiger charge is -2.26. The first kappa shape index (κ1) is 18.9. The molecule has 0 bridgehead atoms. The molecule has 0 saturated carbocycles. The van der Waals surface area contributed by atoms with E-state index >= 15 is 0 Å². The smallest absolute Gasteiger partial charge is 0.255 e. The molecule has 4 rings (SSSR count). The average Bonchev–Trinajstić information content (AvgIpc) is 2.76. The Morgan fingerprint density at radius 2 is 1.62 bits per heavy atom. The third kappa shape index (κ3) is 4.71. The van der Waals surface area contributed by atoms with Crippen LogP contribution >= 0.6 is 0 Å². The Morgan fingerprint density at radius 1 is 0.931 bits per heavy atom. The molecule has 0 aliphatic carbocycles. The summed E-state index contributed by atoms with van der Waals surface area (Å²) in [7, 11) is 0. The lowest BCUT2D eigenvalue weighted by atomic mass is 9.99. The van der Waals surface area contributed by atoms with Crippen LogP contribution in [0.2, 0.25) is 0 Å². The van der Waals surface area contributed by atoms with Crippen molar-refractivity contribution < 1.29 is 9.69 Å². The van der Waals surface area contributed by atoms with Crippen molar-refractivity contribution in [1.82, 2.24) is 0 Å². The van der Waals surface area contributed by atoms with Crippen LogP contribution in [0.3, 0.4) is 0 Å². The molecule has 0 aromatic heterocycles. The maximum Gasteiger partial charge on any atom is 0.255 e. The standard InChI is InChI=1S/C25H23N3O/c26-15-13-19-7-11-24(12-8-19)27-25(29)22-9-5-20(6-10-22)17-28-16-14-21-3-1-2-4-23(21)18-28/h1-12H,13-14,16-18H2,(H,27,29)/p+1. The van der Waals surface area contributed by atoms with E-state index in [2.05, 4.69) is 47.8 Å². The van der Waals surface area contributed by atoms with Crippen molar-refractivity contribution in [2.24, 2.45) is 0 Å². The summed E-state index contributed by atoms with van der Waals surface area (Å²) in [5.41, 5.74) is 6.50. The number of nitrogens with zero attached hydrogens (tertiary/aromatic N) is 1. The number of nitrogens with one attached hydrogen (secondary N) is 2. The Kier molecular flexibility index (Phi) is 5.69. The molecule has 1 amide bonds. The number of hydrogen-bond acceptors (Lipinski definition) is 2. The molecule has 4 heteroatoms. The summed E-state index contributed by atoms with van der Waals surface area (Å²) < 4.78 is 0. The quantitative estimate of drug-likeness (QED) is 0.712. The van der Waals surface area contributed by atoms with E-state index in [1.807, 2.05) is 36.4 Å². The van der Waals surface area contributed by atoms with E-state index in [-0.39, 0.29) is 5.91 Å². The number of fused-ring (bicyclic) bond motifs is 1. The molecule has 3 aromatic carbocycles. The summed E-state index contributed by atoms with van der Waals surface area (Å²) in [6, 6.07) is 26.1. The molecule has 29 heavy (non-hydrogen) atoms. The number of rotatable bonds is 5. The summed E-state index contributed by atoms with van der Waals surface area (Å²) >= 11 is 0. The number of hydrogen-bond donors (Lipinski definition) is 2. The third-order valence-corrected chi connectivity index (χ3v) is 5.47. The summed E-state index contributed by atoms with van der Waals surface area (Å²) in [6.45, 7) is 3.16. The van der Waals surface area contributed by atoms with Crippen LogP contribution in [0, 0.1) is 11.3 Å². The number of carbonyl (C=O) groups is 1. The average molecular weight is 382 g/mol. The van der Waals surface area contributed by atoms with E-state index in [4.69, 9.17) is 5.26 Å². The topological polar surface area (TPSA) is 57.3 Å². The highest BCUT2D eigenvalue weighted by Gasteiger charge is 2.19. The van der Waals surface area contributed by atoms with Crippen molar-refractivity contribution in [3.63, 3.8) is 0 Å². The number of amides is 1. The van der Waals surface area contributed by atoms with Gasteiger partial charge < -0.3 is 10.2 Å². The Balaban J connectivity index is 1.35. The maximum atomic E-state index is 12.5. The maximum absolute atomic E-state index is 12.5. The molecule has 0 spiro atoms. The van der Waals surface area contributed by atoms with E-state index in [0.29, 0.717) is 12.0 Å². The number of nitriles is 1. The number of quaternary nitrogens is 1. The minimum absolute atomic E-state index is 0.121. The molecule has 0 saturated heterocycles. The monoisotopic (exact) mass is 382 g/mol. The number of benzene rings is 3. The van der Waals surface area contributed by atoms with Gasteiger partial charge in [-0.2, -0.15) is 5.26 Å². The zero-order valence-electron chi connectivity index (χ0n) is 16.3. The van der Waals surface area contributed by atoms with Gasteiger partial charge in [0.2, 0.25) is 0 Å². The largest absolute Gasteiger partial charge is 0.327 e. The molecule has 1 aliphatic rings. The first-order valence-corrected chi connectivity index (χ1v) is 9.98. The summed E-state index contributed by atoms with van der Waals surface area (Å²) in [5.74, 6) is -0.121. The molecule has 1 heterocycles. The van der Waals surface area contributed by atoms with Crippen molar-refractivity contribution in [3.05, 3.63) is 101 Å². The van der Waals surface area contributed by atoms with E-state index in [9.17, 15) is 4.79 Å². The first-order chi connectivity index (χ1) is 14.2. The Bertz CT molecular complexity index is 1030. The highest BCUT2D eigenvalue weighted by Crippen LogP contribution is 2.13. The van der Waals surface area contributed by atoms with Gasteiger partial charge in [0.25, 0.3) is 5.91 Å². The lowest BCUT2D eigenvalue weighted by molar-refractivity contribution is -0.929. The van der Waals surface area contributed by atoms with Gasteiger partial charge in [-0.1, -0.05) is 48.5 Å². The second-order valence-corrected chi connectivity index (χ2v) is 7.56. The molecule has 0 radical (unpaired) electrons. The van der Waals surface area contributed by atoms with Crippen LogP contribution in [0.1, 0.15) is 32.6 Å². The van der Waals surface area contributed by atoms with Gasteiger partial charge in [0.05, 0.1) is 19.0 Å². The van der Waals surface area contributed by atoms with Gasteiger partial charge in [-0.25, -0.2) is 0 Å². The molecule has 1 unspecified atom stereocenters. The van der Waals surface area contributed by atoms with E-state index in [0.717, 1.165) is 37.3 Å². The number of anilines is 1. The Hall–Kier alpha value is -3.42. The molecule has 0 fully saturated rings. The zero-order valence-corrected chi connectivity index (χ0v) is 16.3. The van der Waals surface area contributed by atoms with Gasteiger partial charge >= 0.3 is 0 Å². The SMILES string of the molecule is N#CCc1ccc(NC(=O)c2ccc(C[NH+]3CCc4ccccc4C3)cc2)cc1. The van der Waals surface area contributed by atoms with Gasteiger partial charge in [-0.05, 0) is 35.4 Å².